The molecule has 0 radical (unpaired) electrons. The van der Waals surface area contributed by atoms with Crippen molar-refractivity contribution in [2.75, 3.05) is 7.11 Å². The Hall–Kier alpha value is -0.130. The number of rotatable bonds is 3. The normalized spacial score (nSPS) is 26.5. The molecule has 1 saturated carbocycles. The standard InChI is InChI=1S/C10H14BrNO2S/c1-13-7-3-2-4-8(5-7)14-10-12-9(11)6-15-10/h6-8H,2-5H2,1H3. The highest BCUT2D eigenvalue weighted by Crippen LogP contribution is 2.28. The molecule has 2 rings (SSSR count). The van der Waals surface area contributed by atoms with Crippen LogP contribution in [0.5, 0.6) is 5.19 Å². The number of thiazole rings is 1. The van der Waals surface area contributed by atoms with E-state index in [0.717, 1.165) is 29.1 Å². The van der Waals surface area contributed by atoms with Crippen LogP contribution < -0.4 is 4.74 Å². The van der Waals surface area contributed by atoms with Gasteiger partial charge in [0.2, 0.25) is 0 Å². The van der Waals surface area contributed by atoms with Gasteiger partial charge >= 0.3 is 0 Å². The molecule has 1 aliphatic carbocycles. The first-order valence-corrected chi connectivity index (χ1v) is 6.75. The predicted molar refractivity (Wildman–Crippen MR) is 63.5 cm³/mol. The lowest BCUT2D eigenvalue weighted by atomic mass is 9.95. The molecule has 0 aromatic carbocycles. The molecule has 0 bridgehead atoms. The molecule has 0 saturated heterocycles. The molecule has 1 aromatic heterocycles. The lowest BCUT2D eigenvalue weighted by Gasteiger charge is -2.27. The van der Waals surface area contributed by atoms with Crippen molar-refractivity contribution in [2.45, 2.75) is 37.9 Å². The van der Waals surface area contributed by atoms with Crippen LogP contribution in [0.1, 0.15) is 25.7 Å². The van der Waals surface area contributed by atoms with Crippen LogP contribution in [0, 0.1) is 0 Å². The monoisotopic (exact) mass is 291 g/mol. The Morgan fingerprint density at radius 1 is 1.47 bits per heavy atom. The lowest BCUT2D eigenvalue weighted by Crippen LogP contribution is -2.29. The van der Waals surface area contributed by atoms with E-state index in [2.05, 4.69) is 20.9 Å². The summed E-state index contributed by atoms with van der Waals surface area (Å²) in [4.78, 5) is 4.23. The van der Waals surface area contributed by atoms with Crippen LogP contribution in [-0.2, 0) is 4.74 Å². The van der Waals surface area contributed by atoms with E-state index in [4.69, 9.17) is 9.47 Å². The number of halogens is 1. The first-order chi connectivity index (χ1) is 7.28. The Morgan fingerprint density at radius 2 is 2.27 bits per heavy atom. The molecule has 1 fully saturated rings. The maximum Gasteiger partial charge on any atom is 0.274 e. The van der Waals surface area contributed by atoms with E-state index in [0.29, 0.717) is 6.10 Å². The Labute approximate surface area is 102 Å². The van der Waals surface area contributed by atoms with Gasteiger partial charge in [-0.25, -0.2) is 0 Å². The average molecular weight is 292 g/mol. The van der Waals surface area contributed by atoms with Crippen molar-refractivity contribution >= 4 is 27.3 Å². The molecule has 1 heterocycles. The van der Waals surface area contributed by atoms with E-state index in [1.54, 1.807) is 7.11 Å². The third-order valence-electron chi connectivity index (χ3n) is 2.63. The third-order valence-corrected chi connectivity index (χ3v) is 4.07. The fourth-order valence-electron chi connectivity index (χ4n) is 1.86. The fourth-order valence-corrected chi connectivity index (χ4v) is 3.01. The third kappa shape index (κ3) is 3.16. The fraction of sp³-hybridized carbons (Fsp3) is 0.700. The van der Waals surface area contributed by atoms with Crippen LogP contribution in [0.2, 0.25) is 0 Å². The molecule has 0 aliphatic heterocycles. The molecule has 1 aliphatic rings. The second kappa shape index (κ2) is 5.27. The minimum Gasteiger partial charge on any atom is -0.467 e. The summed E-state index contributed by atoms with van der Waals surface area (Å²) in [5, 5.41) is 2.69. The molecule has 84 valence electrons. The van der Waals surface area contributed by atoms with Gasteiger partial charge in [-0.15, -0.1) is 0 Å². The van der Waals surface area contributed by atoms with Crippen molar-refractivity contribution in [1.82, 2.24) is 4.98 Å². The van der Waals surface area contributed by atoms with Crippen molar-refractivity contribution in [3.8, 4) is 5.19 Å². The highest BCUT2D eigenvalue weighted by molar-refractivity contribution is 9.10. The van der Waals surface area contributed by atoms with E-state index >= 15 is 0 Å². The molecule has 0 amide bonds. The highest BCUT2D eigenvalue weighted by atomic mass is 79.9. The molecule has 1 aromatic rings. The zero-order valence-electron chi connectivity index (χ0n) is 8.61. The molecular weight excluding hydrogens is 278 g/mol. The summed E-state index contributed by atoms with van der Waals surface area (Å²) >= 11 is 4.85. The Kier molecular flexibility index (Phi) is 3.99. The molecule has 15 heavy (non-hydrogen) atoms. The summed E-state index contributed by atoms with van der Waals surface area (Å²) < 4.78 is 12.0. The van der Waals surface area contributed by atoms with Gasteiger partial charge in [0, 0.05) is 18.9 Å². The van der Waals surface area contributed by atoms with Gasteiger partial charge in [-0.05, 0) is 35.2 Å². The minimum absolute atomic E-state index is 0.266. The topological polar surface area (TPSA) is 31.4 Å². The predicted octanol–water partition coefficient (Wildman–Crippen LogP) is 3.24. The Morgan fingerprint density at radius 3 is 2.93 bits per heavy atom. The quantitative estimate of drug-likeness (QED) is 0.857. The van der Waals surface area contributed by atoms with Crippen molar-refractivity contribution in [3.63, 3.8) is 0 Å². The number of hydrogen-bond acceptors (Lipinski definition) is 4. The van der Waals surface area contributed by atoms with Crippen molar-refractivity contribution < 1.29 is 9.47 Å². The summed E-state index contributed by atoms with van der Waals surface area (Å²) in [5.41, 5.74) is 0. The Balaban J connectivity index is 1.88. The zero-order chi connectivity index (χ0) is 10.7. The van der Waals surface area contributed by atoms with E-state index < -0.39 is 0 Å². The van der Waals surface area contributed by atoms with Crippen LogP contribution in [0.4, 0.5) is 0 Å². The number of ether oxygens (including phenoxy) is 2. The number of methoxy groups -OCH3 is 1. The summed E-state index contributed by atoms with van der Waals surface area (Å²) in [5.74, 6) is 0. The van der Waals surface area contributed by atoms with Crippen molar-refractivity contribution in [2.24, 2.45) is 0 Å². The SMILES string of the molecule is COC1CCCC(Oc2nc(Br)cs2)C1. The maximum atomic E-state index is 5.81. The second-order valence-electron chi connectivity index (χ2n) is 3.70. The van der Waals surface area contributed by atoms with Crippen molar-refractivity contribution in [3.05, 3.63) is 9.98 Å². The molecule has 3 nitrogen and oxygen atoms in total. The summed E-state index contributed by atoms with van der Waals surface area (Å²) in [7, 11) is 1.77. The number of aromatic nitrogens is 1. The first-order valence-electron chi connectivity index (χ1n) is 5.08. The maximum absolute atomic E-state index is 5.81. The molecule has 5 heteroatoms. The van der Waals surface area contributed by atoms with Gasteiger partial charge < -0.3 is 9.47 Å². The molecule has 2 atom stereocenters. The largest absolute Gasteiger partial charge is 0.467 e. The summed E-state index contributed by atoms with van der Waals surface area (Å²) in [6.07, 6.45) is 5.03. The van der Waals surface area contributed by atoms with Crippen LogP contribution in [0.25, 0.3) is 0 Å². The van der Waals surface area contributed by atoms with Gasteiger partial charge in [0.1, 0.15) is 10.7 Å². The summed E-state index contributed by atoms with van der Waals surface area (Å²) in [6.45, 7) is 0. The second-order valence-corrected chi connectivity index (χ2v) is 5.33. The Bertz CT molecular complexity index is 318. The average Bonchev–Trinajstić information content (AvgIpc) is 2.64. The van der Waals surface area contributed by atoms with E-state index in [1.165, 1.54) is 17.8 Å². The van der Waals surface area contributed by atoms with Gasteiger partial charge in [-0.1, -0.05) is 11.3 Å². The van der Waals surface area contributed by atoms with Gasteiger partial charge in [0.05, 0.1) is 6.10 Å². The summed E-state index contributed by atoms with van der Waals surface area (Å²) in [6, 6.07) is 0. The first kappa shape index (κ1) is 11.4. The molecule has 0 spiro atoms. The number of hydrogen-bond donors (Lipinski definition) is 0. The van der Waals surface area contributed by atoms with Crippen LogP contribution in [0.3, 0.4) is 0 Å². The van der Waals surface area contributed by atoms with Gasteiger partial charge in [-0.3, -0.25) is 0 Å². The molecule has 0 N–H and O–H groups in total. The number of nitrogens with zero attached hydrogens (tertiary/aromatic N) is 1. The van der Waals surface area contributed by atoms with Gasteiger partial charge in [0.25, 0.3) is 5.19 Å². The van der Waals surface area contributed by atoms with E-state index in [1.807, 2.05) is 5.38 Å². The van der Waals surface area contributed by atoms with Gasteiger partial charge in [0.15, 0.2) is 0 Å². The highest BCUT2D eigenvalue weighted by Gasteiger charge is 2.23. The van der Waals surface area contributed by atoms with E-state index in [-0.39, 0.29) is 6.10 Å². The molecular formula is C10H14BrNO2S. The minimum atomic E-state index is 0.266. The molecule has 2 unspecified atom stereocenters. The van der Waals surface area contributed by atoms with Crippen LogP contribution >= 0.6 is 27.3 Å². The van der Waals surface area contributed by atoms with Gasteiger partial charge in [-0.2, -0.15) is 4.98 Å². The smallest absolute Gasteiger partial charge is 0.274 e. The van der Waals surface area contributed by atoms with Crippen molar-refractivity contribution in [1.29, 1.82) is 0 Å². The van der Waals surface area contributed by atoms with Crippen LogP contribution in [0.15, 0.2) is 9.98 Å². The zero-order valence-corrected chi connectivity index (χ0v) is 11.0. The lowest BCUT2D eigenvalue weighted by molar-refractivity contribution is 0.0208. The van der Waals surface area contributed by atoms with Crippen LogP contribution in [-0.4, -0.2) is 24.3 Å². The van der Waals surface area contributed by atoms with E-state index in [9.17, 15) is 0 Å².